The summed E-state index contributed by atoms with van der Waals surface area (Å²) in [6, 6.07) is 0. The second kappa shape index (κ2) is 7.88. The minimum absolute atomic E-state index is 0.0211. The van der Waals surface area contributed by atoms with Crippen LogP contribution in [-0.2, 0) is 14.8 Å². The van der Waals surface area contributed by atoms with E-state index in [4.69, 9.17) is 0 Å². The monoisotopic (exact) mass is 422 g/mol. The zero-order chi connectivity index (χ0) is 20.6. The molecule has 7 nitrogen and oxygen atoms in total. The van der Waals surface area contributed by atoms with Crippen molar-refractivity contribution in [2.24, 2.45) is 0 Å². The van der Waals surface area contributed by atoms with E-state index in [1.807, 2.05) is 34.6 Å². The van der Waals surface area contributed by atoms with Gasteiger partial charge in [-0.05, 0) is 75.3 Å². The number of nitrogens with one attached hydrogen (secondary N) is 2. The van der Waals surface area contributed by atoms with Crippen molar-refractivity contribution < 1.29 is 13.2 Å². The molecular formula is C19H26N4O3S2. The number of sulfonamides is 1. The van der Waals surface area contributed by atoms with Gasteiger partial charge in [-0.1, -0.05) is 11.3 Å². The van der Waals surface area contributed by atoms with Crippen molar-refractivity contribution in [2.45, 2.75) is 64.7 Å². The first kappa shape index (κ1) is 20.9. The van der Waals surface area contributed by atoms with Gasteiger partial charge in [-0.25, -0.2) is 13.1 Å². The van der Waals surface area contributed by atoms with Gasteiger partial charge in [-0.2, -0.15) is 0 Å². The summed E-state index contributed by atoms with van der Waals surface area (Å²) in [5.41, 5.74) is 4.56. The number of carbonyl (C=O) groups is 1. The SMILES string of the molecule is Cc1c(C)c(C)c(S(=O)(=O)NCCC(=O)Nc2nnc(C3CC3)s2)c(C)c1C. The number of hydrogen-bond donors (Lipinski definition) is 2. The molecule has 0 unspecified atom stereocenters. The van der Waals surface area contributed by atoms with Crippen LogP contribution < -0.4 is 10.0 Å². The van der Waals surface area contributed by atoms with E-state index < -0.39 is 10.0 Å². The Morgan fingerprint density at radius 2 is 1.57 bits per heavy atom. The molecule has 1 aliphatic carbocycles. The highest BCUT2D eigenvalue weighted by molar-refractivity contribution is 7.89. The van der Waals surface area contributed by atoms with Gasteiger partial charge < -0.3 is 5.32 Å². The van der Waals surface area contributed by atoms with Crippen LogP contribution in [0, 0.1) is 34.6 Å². The molecule has 0 atom stereocenters. The molecule has 9 heteroatoms. The molecule has 1 aromatic heterocycles. The molecule has 1 amide bonds. The summed E-state index contributed by atoms with van der Waals surface area (Å²) in [5.74, 6) is 0.203. The minimum Gasteiger partial charge on any atom is -0.300 e. The molecule has 2 N–H and O–H groups in total. The molecule has 1 aliphatic rings. The first-order valence-corrected chi connectivity index (χ1v) is 11.6. The molecule has 3 rings (SSSR count). The molecule has 0 spiro atoms. The second-order valence-corrected chi connectivity index (χ2v) is 10.1. The Labute approximate surface area is 170 Å². The van der Waals surface area contributed by atoms with Gasteiger partial charge in [0.05, 0.1) is 4.90 Å². The third kappa shape index (κ3) is 4.26. The van der Waals surface area contributed by atoms with E-state index in [2.05, 4.69) is 20.2 Å². The number of benzene rings is 1. The van der Waals surface area contributed by atoms with Gasteiger partial charge in [-0.15, -0.1) is 10.2 Å². The second-order valence-electron chi connectivity index (χ2n) is 7.37. The molecule has 0 radical (unpaired) electrons. The lowest BCUT2D eigenvalue weighted by molar-refractivity contribution is -0.116. The van der Waals surface area contributed by atoms with Crippen LogP contribution in [0.5, 0.6) is 0 Å². The minimum atomic E-state index is -3.71. The van der Waals surface area contributed by atoms with E-state index in [1.54, 1.807) is 0 Å². The largest absolute Gasteiger partial charge is 0.300 e. The van der Waals surface area contributed by atoms with Gasteiger partial charge in [0.15, 0.2) is 0 Å². The van der Waals surface area contributed by atoms with E-state index in [9.17, 15) is 13.2 Å². The van der Waals surface area contributed by atoms with E-state index in [0.717, 1.165) is 45.7 Å². The Morgan fingerprint density at radius 3 is 2.14 bits per heavy atom. The van der Waals surface area contributed by atoms with Crippen LogP contribution in [0.2, 0.25) is 0 Å². The fourth-order valence-corrected chi connectivity index (χ4v) is 5.76. The summed E-state index contributed by atoms with van der Waals surface area (Å²) in [4.78, 5) is 12.4. The summed E-state index contributed by atoms with van der Waals surface area (Å²) < 4.78 is 28.3. The Morgan fingerprint density at radius 1 is 1.00 bits per heavy atom. The van der Waals surface area contributed by atoms with Crippen molar-refractivity contribution in [2.75, 3.05) is 11.9 Å². The molecule has 0 saturated heterocycles. The zero-order valence-electron chi connectivity index (χ0n) is 16.8. The summed E-state index contributed by atoms with van der Waals surface area (Å²) in [6.45, 7) is 9.53. The molecule has 2 aromatic rings. The van der Waals surface area contributed by atoms with Gasteiger partial charge in [0.1, 0.15) is 5.01 Å². The first-order valence-electron chi connectivity index (χ1n) is 9.31. The van der Waals surface area contributed by atoms with Gasteiger partial charge in [0.25, 0.3) is 0 Å². The maximum Gasteiger partial charge on any atom is 0.241 e. The highest BCUT2D eigenvalue weighted by Gasteiger charge is 2.28. The Balaban J connectivity index is 1.62. The lowest BCUT2D eigenvalue weighted by Crippen LogP contribution is -2.29. The first-order chi connectivity index (χ1) is 13.1. The number of hydrogen-bond acceptors (Lipinski definition) is 6. The number of rotatable bonds is 7. The summed E-state index contributed by atoms with van der Waals surface area (Å²) in [7, 11) is -3.71. The Bertz CT molecular complexity index is 995. The van der Waals surface area contributed by atoms with Crippen LogP contribution >= 0.6 is 11.3 Å². The lowest BCUT2D eigenvalue weighted by atomic mass is 9.95. The summed E-state index contributed by atoms with van der Waals surface area (Å²) in [6.07, 6.45) is 2.28. The number of anilines is 1. The average molecular weight is 423 g/mol. The maximum absolute atomic E-state index is 12.9. The van der Waals surface area contributed by atoms with E-state index >= 15 is 0 Å². The molecular weight excluding hydrogens is 396 g/mol. The standard InChI is InChI=1S/C19H26N4O3S2/c1-10-11(2)13(4)17(14(5)12(10)3)28(25,26)20-9-8-16(24)21-19-23-22-18(27-19)15-6-7-15/h15,20H,6-9H2,1-5H3,(H,21,23,24). The molecule has 152 valence electrons. The molecule has 0 bridgehead atoms. The number of aromatic nitrogens is 2. The summed E-state index contributed by atoms with van der Waals surface area (Å²) in [5, 5.41) is 12.2. The molecule has 1 heterocycles. The summed E-state index contributed by atoms with van der Waals surface area (Å²) >= 11 is 1.38. The molecule has 0 aliphatic heterocycles. The van der Waals surface area contributed by atoms with Crippen LogP contribution in [0.25, 0.3) is 0 Å². The van der Waals surface area contributed by atoms with Crippen molar-refractivity contribution in [3.63, 3.8) is 0 Å². The Hall–Kier alpha value is -1.84. The van der Waals surface area contributed by atoms with E-state index in [0.29, 0.717) is 15.9 Å². The molecule has 28 heavy (non-hydrogen) atoms. The normalized spacial score (nSPS) is 14.3. The Kier molecular flexibility index (Phi) is 5.88. The third-order valence-corrected chi connectivity index (χ3v) is 8.19. The fraction of sp³-hybridized carbons (Fsp3) is 0.526. The maximum atomic E-state index is 12.9. The number of carbonyl (C=O) groups excluding carboxylic acids is 1. The molecule has 1 saturated carbocycles. The van der Waals surface area contributed by atoms with Crippen LogP contribution in [0.3, 0.4) is 0 Å². The van der Waals surface area contributed by atoms with Crippen LogP contribution in [0.15, 0.2) is 4.90 Å². The highest BCUT2D eigenvalue weighted by Crippen LogP contribution is 2.42. The van der Waals surface area contributed by atoms with Crippen LogP contribution in [0.1, 0.15) is 58.0 Å². The van der Waals surface area contributed by atoms with Gasteiger partial charge in [0, 0.05) is 18.9 Å². The zero-order valence-corrected chi connectivity index (χ0v) is 18.5. The predicted molar refractivity (Wildman–Crippen MR) is 110 cm³/mol. The van der Waals surface area contributed by atoms with E-state index in [-0.39, 0.29) is 18.9 Å². The van der Waals surface area contributed by atoms with Crippen molar-refractivity contribution in [1.29, 1.82) is 0 Å². The van der Waals surface area contributed by atoms with E-state index in [1.165, 1.54) is 11.3 Å². The average Bonchev–Trinajstić information content (AvgIpc) is 3.38. The number of amides is 1. The van der Waals surface area contributed by atoms with Crippen LogP contribution in [-0.4, -0.2) is 31.1 Å². The highest BCUT2D eigenvalue weighted by atomic mass is 32.2. The van der Waals surface area contributed by atoms with Crippen molar-refractivity contribution >= 4 is 32.4 Å². The van der Waals surface area contributed by atoms with Crippen molar-refractivity contribution in [3.8, 4) is 0 Å². The van der Waals surface area contributed by atoms with Gasteiger partial charge in [0.2, 0.25) is 21.1 Å². The van der Waals surface area contributed by atoms with Gasteiger partial charge in [-0.3, -0.25) is 4.79 Å². The molecule has 1 fully saturated rings. The van der Waals surface area contributed by atoms with Crippen molar-refractivity contribution in [1.82, 2.24) is 14.9 Å². The quantitative estimate of drug-likeness (QED) is 0.713. The molecule has 1 aromatic carbocycles. The third-order valence-electron chi connectivity index (χ3n) is 5.46. The fourth-order valence-electron chi connectivity index (χ4n) is 3.20. The lowest BCUT2D eigenvalue weighted by Gasteiger charge is -2.19. The van der Waals surface area contributed by atoms with Gasteiger partial charge >= 0.3 is 0 Å². The topological polar surface area (TPSA) is 101 Å². The smallest absolute Gasteiger partial charge is 0.241 e. The van der Waals surface area contributed by atoms with Crippen LogP contribution in [0.4, 0.5) is 5.13 Å². The van der Waals surface area contributed by atoms with Crippen molar-refractivity contribution in [3.05, 3.63) is 32.8 Å². The predicted octanol–water partition coefficient (Wildman–Crippen LogP) is 3.26. The number of nitrogens with zero attached hydrogens (tertiary/aromatic N) is 2.